The molecule has 0 saturated heterocycles. The van der Waals surface area contributed by atoms with Gasteiger partial charge in [0.1, 0.15) is 6.61 Å². The molecule has 0 saturated carbocycles. The molecule has 0 rings (SSSR count). The van der Waals surface area contributed by atoms with Crippen molar-refractivity contribution in [3.63, 3.8) is 0 Å². The summed E-state index contributed by atoms with van der Waals surface area (Å²) >= 11 is 0. The molecule has 98 valence electrons. The molecule has 17 heavy (non-hydrogen) atoms. The third-order valence-corrected chi connectivity index (χ3v) is 2.15. The van der Waals surface area contributed by atoms with E-state index >= 15 is 0 Å². The van der Waals surface area contributed by atoms with Gasteiger partial charge in [-0.3, -0.25) is 4.79 Å². The molecule has 0 fully saturated rings. The van der Waals surface area contributed by atoms with E-state index in [2.05, 4.69) is 13.5 Å². The highest BCUT2D eigenvalue weighted by molar-refractivity contribution is 7.59. The maximum absolute atomic E-state index is 11.3. The highest BCUT2D eigenvalue weighted by Gasteiger charge is 2.02. The molecule has 0 N–H and O–H groups in total. The van der Waals surface area contributed by atoms with E-state index in [1.807, 2.05) is 25.2 Å². The minimum Gasteiger partial charge on any atom is -0.461 e. The Balaban J connectivity index is 0. The average molecular weight is 256 g/mol. The van der Waals surface area contributed by atoms with Crippen LogP contribution in [0.15, 0.2) is 36.5 Å². The zero-order valence-corrected chi connectivity index (χ0v) is 11.9. The number of rotatable bonds is 8. The Hall–Kier alpha value is -0.960. The molecule has 0 aromatic carbocycles. The van der Waals surface area contributed by atoms with Crippen LogP contribution in [0.1, 0.15) is 39.5 Å². The van der Waals surface area contributed by atoms with Crippen molar-refractivity contribution >= 4 is 19.5 Å². The van der Waals surface area contributed by atoms with Gasteiger partial charge in [0.15, 0.2) is 0 Å². The predicted molar refractivity (Wildman–Crippen MR) is 78.6 cm³/mol. The van der Waals surface area contributed by atoms with Crippen molar-refractivity contribution in [1.29, 1.82) is 0 Å². The third kappa shape index (κ3) is 11.3. The molecule has 0 radical (unpaired) electrons. The molecule has 0 unspecified atom stereocenters. The zero-order valence-electron chi connectivity index (χ0n) is 10.9. The predicted octanol–water partition coefficient (Wildman–Crippen LogP) is 3.91. The Morgan fingerprint density at radius 2 is 2.06 bits per heavy atom. The van der Waals surface area contributed by atoms with Crippen LogP contribution in [0, 0.1) is 0 Å². The van der Waals surface area contributed by atoms with Crippen LogP contribution in [0.2, 0.25) is 0 Å². The molecule has 0 aromatic rings. The third-order valence-electron chi connectivity index (χ3n) is 2.15. The van der Waals surface area contributed by atoms with Crippen molar-refractivity contribution in [1.82, 2.24) is 0 Å². The maximum Gasteiger partial charge on any atom is 0.306 e. The van der Waals surface area contributed by atoms with Crippen molar-refractivity contribution in [3.05, 3.63) is 36.5 Å². The van der Waals surface area contributed by atoms with E-state index in [9.17, 15) is 4.79 Å². The molecule has 0 heterocycles. The van der Waals surface area contributed by atoms with Crippen LogP contribution in [0.3, 0.4) is 0 Å². The fourth-order valence-corrected chi connectivity index (χ4v) is 1.15. The molecule has 0 aromatic heterocycles. The van der Waals surface area contributed by atoms with Gasteiger partial charge in [0.25, 0.3) is 0 Å². The Kier molecular flexibility index (Phi) is 14.2. The molecular formula is C14H24O2S. The van der Waals surface area contributed by atoms with E-state index < -0.39 is 0 Å². The highest BCUT2D eigenvalue weighted by atomic mass is 32.1. The normalized spacial score (nSPS) is 11.1. The van der Waals surface area contributed by atoms with Gasteiger partial charge in [-0.1, -0.05) is 50.6 Å². The summed E-state index contributed by atoms with van der Waals surface area (Å²) in [6, 6.07) is 0. The molecule has 2 nitrogen and oxygen atoms in total. The molecule has 3 heteroatoms. The summed E-state index contributed by atoms with van der Waals surface area (Å²) in [5.74, 6) is -0.123. The zero-order chi connectivity index (χ0) is 12.2. The summed E-state index contributed by atoms with van der Waals surface area (Å²) in [6.45, 7) is 8.04. The van der Waals surface area contributed by atoms with E-state index in [0.717, 1.165) is 24.8 Å². The van der Waals surface area contributed by atoms with E-state index in [1.165, 1.54) is 0 Å². The first-order chi connectivity index (χ1) is 7.74. The minimum absolute atomic E-state index is 0. The van der Waals surface area contributed by atoms with Gasteiger partial charge in [-0.25, -0.2) is 0 Å². The van der Waals surface area contributed by atoms with Gasteiger partial charge in [-0.05, 0) is 18.9 Å². The standard InChI is InChI=1S/C14H22O2.H2S/c1-4-7-9-11-14(15)16-12-13(6-3)10-8-5-2;/h5-6,8,10H,3-4,7,9,11-12H2,1-2H3;1H2/b8-5-,13-10+;. The number of unbranched alkanes of at least 4 members (excludes halogenated alkanes) is 2. The largest absolute Gasteiger partial charge is 0.461 e. The number of hydrogen-bond acceptors (Lipinski definition) is 2. The molecule has 0 aliphatic heterocycles. The molecule has 0 aliphatic rings. The molecule has 0 amide bonds. The summed E-state index contributed by atoms with van der Waals surface area (Å²) in [5, 5.41) is 0. The second kappa shape index (κ2) is 13.1. The molecule has 0 spiro atoms. The van der Waals surface area contributed by atoms with Crippen molar-refractivity contribution < 1.29 is 9.53 Å². The van der Waals surface area contributed by atoms with Gasteiger partial charge in [0, 0.05) is 6.42 Å². The van der Waals surface area contributed by atoms with Gasteiger partial charge >= 0.3 is 5.97 Å². The Morgan fingerprint density at radius 3 is 2.59 bits per heavy atom. The second-order valence-electron chi connectivity index (χ2n) is 3.59. The van der Waals surface area contributed by atoms with Crippen LogP contribution in [0.25, 0.3) is 0 Å². The summed E-state index contributed by atoms with van der Waals surface area (Å²) in [4.78, 5) is 11.3. The number of carbonyl (C=O) groups is 1. The van der Waals surface area contributed by atoms with E-state index in [4.69, 9.17) is 4.74 Å². The van der Waals surface area contributed by atoms with E-state index in [1.54, 1.807) is 6.08 Å². The van der Waals surface area contributed by atoms with Gasteiger partial charge in [0.05, 0.1) is 0 Å². The number of ether oxygens (including phenoxy) is 1. The van der Waals surface area contributed by atoms with Crippen LogP contribution in [-0.2, 0) is 9.53 Å². The first-order valence-corrected chi connectivity index (χ1v) is 5.84. The van der Waals surface area contributed by atoms with Crippen LogP contribution < -0.4 is 0 Å². The number of carbonyl (C=O) groups excluding carboxylic acids is 1. The van der Waals surface area contributed by atoms with Crippen LogP contribution >= 0.6 is 13.5 Å². The molecular weight excluding hydrogens is 232 g/mol. The van der Waals surface area contributed by atoms with Gasteiger partial charge in [-0.15, -0.1) is 0 Å². The fourth-order valence-electron chi connectivity index (χ4n) is 1.15. The summed E-state index contributed by atoms with van der Waals surface area (Å²) in [7, 11) is 0. The molecule has 0 bridgehead atoms. The second-order valence-corrected chi connectivity index (χ2v) is 3.59. The van der Waals surface area contributed by atoms with Crippen LogP contribution in [0.4, 0.5) is 0 Å². The SMILES string of the molecule is C=C/C(=C\C=C/C)COC(=O)CCCCC.S. The average Bonchev–Trinajstić information content (AvgIpc) is 2.30. The van der Waals surface area contributed by atoms with E-state index in [-0.39, 0.29) is 19.5 Å². The first kappa shape index (κ1) is 18.4. The van der Waals surface area contributed by atoms with Crippen molar-refractivity contribution in [2.24, 2.45) is 0 Å². The molecule has 0 atom stereocenters. The first-order valence-electron chi connectivity index (χ1n) is 5.84. The Labute approximate surface area is 112 Å². The summed E-state index contributed by atoms with van der Waals surface area (Å²) in [6.07, 6.45) is 11.1. The fraction of sp³-hybridized carbons (Fsp3) is 0.500. The van der Waals surface area contributed by atoms with Crippen LogP contribution in [0.5, 0.6) is 0 Å². The monoisotopic (exact) mass is 256 g/mol. The van der Waals surface area contributed by atoms with Gasteiger partial charge in [-0.2, -0.15) is 13.5 Å². The molecule has 0 aliphatic carbocycles. The van der Waals surface area contributed by atoms with Gasteiger partial charge in [0.2, 0.25) is 0 Å². The lowest BCUT2D eigenvalue weighted by atomic mass is 10.2. The van der Waals surface area contributed by atoms with Crippen molar-refractivity contribution in [2.45, 2.75) is 39.5 Å². The van der Waals surface area contributed by atoms with Crippen LogP contribution in [-0.4, -0.2) is 12.6 Å². The van der Waals surface area contributed by atoms with Gasteiger partial charge < -0.3 is 4.74 Å². The lowest BCUT2D eigenvalue weighted by Crippen LogP contribution is -2.06. The van der Waals surface area contributed by atoms with Crippen molar-refractivity contribution in [2.75, 3.05) is 6.61 Å². The topological polar surface area (TPSA) is 26.3 Å². The maximum atomic E-state index is 11.3. The Bertz CT molecular complexity index is 267. The summed E-state index contributed by atoms with van der Waals surface area (Å²) < 4.78 is 5.13. The lowest BCUT2D eigenvalue weighted by Gasteiger charge is -2.04. The van der Waals surface area contributed by atoms with E-state index in [0.29, 0.717) is 13.0 Å². The summed E-state index contributed by atoms with van der Waals surface area (Å²) in [5.41, 5.74) is 0.918. The number of allylic oxidation sites excluding steroid dienone is 3. The highest BCUT2D eigenvalue weighted by Crippen LogP contribution is 2.03. The smallest absolute Gasteiger partial charge is 0.306 e. The lowest BCUT2D eigenvalue weighted by molar-refractivity contribution is -0.142. The Morgan fingerprint density at radius 1 is 1.35 bits per heavy atom. The number of esters is 1. The number of hydrogen-bond donors (Lipinski definition) is 0. The van der Waals surface area contributed by atoms with Crippen molar-refractivity contribution in [3.8, 4) is 0 Å². The minimum atomic E-state index is -0.123. The quantitative estimate of drug-likeness (QED) is 0.374.